The second kappa shape index (κ2) is 10.7. The lowest BCUT2D eigenvalue weighted by Gasteiger charge is -2.33. The number of benzene rings is 1. The van der Waals surface area contributed by atoms with E-state index in [1.165, 1.54) is 11.3 Å². The van der Waals surface area contributed by atoms with Crippen molar-refractivity contribution in [2.24, 2.45) is 0 Å². The van der Waals surface area contributed by atoms with Gasteiger partial charge in [-0.15, -0.1) is 11.3 Å². The van der Waals surface area contributed by atoms with Crippen molar-refractivity contribution in [3.05, 3.63) is 40.4 Å². The Labute approximate surface area is 179 Å². The summed E-state index contributed by atoms with van der Waals surface area (Å²) in [6.07, 6.45) is 0.802. The number of carbonyl (C=O) groups is 2. The minimum Gasteiger partial charge on any atom is -0.385 e. The molecule has 29 heavy (non-hydrogen) atoms. The van der Waals surface area contributed by atoms with Crippen LogP contribution in [0.3, 0.4) is 0 Å². The van der Waals surface area contributed by atoms with E-state index in [9.17, 15) is 9.59 Å². The van der Waals surface area contributed by atoms with Gasteiger partial charge in [0.1, 0.15) is 10.7 Å². The largest absolute Gasteiger partial charge is 0.385 e. The molecule has 0 bridgehead atoms. The molecule has 0 atom stereocenters. The summed E-state index contributed by atoms with van der Waals surface area (Å²) >= 11 is 7.37. The number of amides is 2. The third-order valence-corrected chi connectivity index (χ3v) is 5.83. The lowest BCUT2D eigenvalue weighted by atomic mass is 10.2. The van der Waals surface area contributed by atoms with Crippen LogP contribution in [0.4, 0.5) is 0 Å². The summed E-state index contributed by atoms with van der Waals surface area (Å²) in [4.78, 5) is 33.1. The zero-order chi connectivity index (χ0) is 20.6. The summed E-state index contributed by atoms with van der Waals surface area (Å²) in [6.45, 7) is 4.12. The molecule has 3 rings (SSSR count). The second-order valence-corrected chi connectivity index (χ2v) is 8.10. The van der Waals surface area contributed by atoms with Crippen LogP contribution in [0.15, 0.2) is 29.6 Å². The maximum atomic E-state index is 12.8. The van der Waals surface area contributed by atoms with Gasteiger partial charge in [-0.05, 0) is 18.6 Å². The predicted octanol–water partition coefficient (Wildman–Crippen LogP) is 2.37. The first-order valence-electron chi connectivity index (χ1n) is 9.55. The Hall–Kier alpha value is -2.00. The minimum atomic E-state index is -0.0647. The number of ether oxygens (including phenoxy) is 1. The molecule has 7 nitrogen and oxygen atoms in total. The van der Waals surface area contributed by atoms with Crippen LogP contribution in [0, 0.1) is 0 Å². The van der Waals surface area contributed by atoms with Crippen molar-refractivity contribution in [1.29, 1.82) is 0 Å². The van der Waals surface area contributed by atoms with Gasteiger partial charge >= 0.3 is 0 Å². The van der Waals surface area contributed by atoms with Crippen LogP contribution < -0.4 is 5.32 Å². The highest BCUT2D eigenvalue weighted by Crippen LogP contribution is 2.25. The van der Waals surface area contributed by atoms with Crippen LogP contribution in [-0.4, -0.2) is 79.6 Å². The third kappa shape index (κ3) is 6.24. The number of hydrogen-bond acceptors (Lipinski definition) is 6. The SMILES string of the molecule is COCCCNC(=O)CN1CCN(C(=O)c2csc(-c3ccc(Cl)cc3)n2)CC1. The first kappa shape index (κ1) is 21.7. The minimum absolute atomic E-state index is 0.00740. The number of methoxy groups -OCH3 is 1. The number of rotatable bonds is 8. The van der Waals surface area contributed by atoms with Gasteiger partial charge in [-0.2, -0.15) is 0 Å². The van der Waals surface area contributed by atoms with Crippen LogP contribution in [0.2, 0.25) is 5.02 Å². The third-order valence-electron chi connectivity index (χ3n) is 4.69. The number of hydrogen-bond donors (Lipinski definition) is 1. The highest BCUT2D eigenvalue weighted by Gasteiger charge is 2.24. The summed E-state index contributed by atoms with van der Waals surface area (Å²) in [6, 6.07) is 7.42. The van der Waals surface area contributed by atoms with E-state index in [-0.39, 0.29) is 11.8 Å². The van der Waals surface area contributed by atoms with Crippen LogP contribution in [0.5, 0.6) is 0 Å². The van der Waals surface area contributed by atoms with Crippen LogP contribution in [0.1, 0.15) is 16.9 Å². The van der Waals surface area contributed by atoms with Gasteiger partial charge < -0.3 is 15.0 Å². The number of piperazine rings is 1. The van der Waals surface area contributed by atoms with Gasteiger partial charge in [0, 0.05) is 62.4 Å². The van der Waals surface area contributed by atoms with Crippen molar-refractivity contribution in [1.82, 2.24) is 20.1 Å². The van der Waals surface area contributed by atoms with Crippen molar-refractivity contribution in [2.75, 3.05) is 53.0 Å². The van der Waals surface area contributed by atoms with E-state index in [0.717, 1.165) is 17.0 Å². The number of thiazole rings is 1. The molecule has 0 saturated carbocycles. The molecule has 9 heteroatoms. The Morgan fingerprint density at radius 2 is 1.93 bits per heavy atom. The van der Waals surface area contributed by atoms with Crippen LogP contribution >= 0.6 is 22.9 Å². The maximum Gasteiger partial charge on any atom is 0.273 e. The van der Waals surface area contributed by atoms with Gasteiger partial charge in [0.25, 0.3) is 5.91 Å². The Morgan fingerprint density at radius 3 is 2.62 bits per heavy atom. The second-order valence-electron chi connectivity index (χ2n) is 6.81. The topological polar surface area (TPSA) is 74.8 Å². The van der Waals surface area contributed by atoms with E-state index in [0.29, 0.717) is 56.6 Å². The van der Waals surface area contributed by atoms with E-state index in [1.54, 1.807) is 17.4 Å². The molecule has 1 fully saturated rings. The molecule has 2 amide bonds. The molecule has 1 aliphatic rings. The Kier molecular flexibility index (Phi) is 8.00. The lowest BCUT2D eigenvalue weighted by molar-refractivity contribution is -0.122. The molecule has 1 aromatic heterocycles. The van der Waals surface area contributed by atoms with Crippen molar-refractivity contribution in [2.45, 2.75) is 6.42 Å². The molecule has 2 heterocycles. The number of halogens is 1. The summed E-state index contributed by atoms with van der Waals surface area (Å²) in [5.41, 5.74) is 1.41. The van der Waals surface area contributed by atoms with E-state index >= 15 is 0 Å². The Morgan fingerprint density at radius 1 is 1.21 bits per heavy atom. The van der Waals surface area contributed by atoms with E-state index in [2.05, 4.69) is 15.2 Å². The lowest BCUT2D eigenvalue weighted by Crippen LogP contribution is -2.51. The quantitative estimate of drug-likeness (QED) is 0.643. The highest BCUT2D eigenvalue weighted by atomic mass is 35.5. The fourth-order valence-electron chi connectivity index (χ4n) is 3.07. The van der Waals surface area contributed by atoms with E-state index in [4.69, 9.17) is 16.3 Å². The van der Waals surface area contributed by atoms with Crippen molar-refractivity contribution < 1.29 is 14.3 Å². The summed E-state index contributed by atoms with van der Waals surface area (Å²) in [7, 11) is 1.65. The predicted molar refractivity (Wildman–Crippen MR) is 114 cm³/mol. The van der Waals surface area contributed by atoms with E-state index in [1.807, 2.05) is 24.3 Å². The summed E-state index contributed by atoms with van der Waals surface area (Å²) in [5, 5.41) is 6.16. The molecule has 1 aliphatic heterocycles. The molecule has 0 unspecified atom stereocenters. The number of nitrogens with one attached hydrogen (secondary N) is 1. The maximum absolute atomic E-state index is 12.8. The van der Waals surface area contributed by atoms with Crippen LogP contribution in [0.25, 0.3) is 10.6 Å². The normalized spacial score (nSPS) is 14.8. The smallest absolute Gasteiger partial charge is 0.273 e. The number of aromatic nitrogens is 1. The molecular weight excluding hydrogens is 412 g/mol. The van der Waals surface area contributed by atoms with Crippen molar-refractivity contribution in [3.63, 3.8) is 0 Å². The van der Waals surface area contributed by atoms with Crippen molar-refractivity contribution >= 4 is 34.8 Å². The average molecular weight is 437 g/mol. The molecule has 1 N–H and O–H groups in total. The first-order chi connectivity index (χ1) is 14.1. The fraction of sp³-hybridized carbons (Fsp3) is 0.450. The highest BCUT2D eigenvalue weighted by molar-refractivity contribution is 7.13. The number of carbonyl (C=O) groups excluding carboxylic acids is 2. The Bertz CT molecular complexity index is 819. The fourth-order valence-corrected chi connectivity index (χ4v) is 4.00. The average Bonchev–Trinajstić information content (AvgIpc) is 3.22. The van der Waals surface area contributed by atoms with Gasteiger partial charge in [0.15, 0.2) is 0 Å². The standard InChI is InChI=1S/C20H25ClN4O3S/c1-28-12-2-7-22-18(26)13-24-8-10-25(11-9-24)20(27)17-14-29-19(23-17)15-3-5-16(21)6-4-15/h3-6,14H,2,7-13H2,1H3,(H,22,26). The summed E-state index contributed by atoms with van der Waals surface area (Å²) in [5.74, 6) is -0.0573. The van der Waals surface area contributed by atoms with Crippen LogP contribution in [-0.2, 0) is 9.53 Å². The zero-order valence-corrected chi connectivity index (χ0v) is 18.0. The number of nitrogens with zero attached hydrogens (tertiary/aromatic N) is 3. The van der Waals surface area contributed by atoms with E-state index < -0.39 is 0 Å². The zero-order valence-electron chi connectivity index (χ0n) is 16.4. The van der Waals surface area contributed by atoms with Crippen molar-refractivity contribution in [3.8, 4) is 10.6 Å². The molecule has 0 radical (unpaired) electrons. The summed E-state index contributed by atoms with van der Waals surface area (Å²) < 4.78 is 4.97. The van der Waals surface area contributed by atoms with Gasteiger partial charge in [-0.1, -0.05) is 23.7 Å². The molecule has 1 saturated heterocycles. The van der Waals surface area contributed by atoms with Gasteiger partial charge in [0.05, 0.1) is 6.54 Å². The molecule has 0 spiro atoms. The first-order valence-corrected chi connectivity index (χ1v) is 10.8. The van der Waals surface area contributed by atoms with Gasteiger partial charge in [-0.3, -0.25) is 14.5 Å². The molecule has 2 aromatic rings. The monoisotopic (exact) mass is 436 g/mol. The molecular formula is C20H25ClN4O3S. The molecule has 1 aromatic carbocycles. The van der Waals surface area contributed by atoms with Gasteiger partial charge in [0.2, 0.25) is 5.91 Å². The molecule has 156 valence electrons. The Balaban J connectivity index is 1.46. The van der Waals surface area contributed by atoms with Gasteiger partial charge in [-0.25, -0.2) is 4.98 Å². The molecule has 0 aliphatic carbocycles.